The number of amides is 2. The molecule has 0 saturated heterocycles. The highest BCUT2D eigenvalue weighted by Crippen LogP contribution is 2.31. The van der Waals surface area contributed by atoms with Crippen LogP contribution in [0.3, 0.4) is 0 Å². The molecule has 0 saturated carbocycles. The molecule has 7 heteroatoms. The third kappa shape index (κ3) is 4.89. The Hall–Kier alpha value is -2.73. The van der Waals surface area contributed by atoms with Crippen LogP contribution in [-0.2, 0) is 16.0 Å². The highest BCUT2D eigenvalue weighted by molar-refractivity contribution is 5.97. The van der Waals surface area contributed by atoms with Crippen molar-refractivity contribution in [2.75, 3.05) is 30.3 Å². The highest BCUT2D eigenvalue weighted by atomic mass is 35.5. The molecule has 0 fully saturated rings. The molecule has 6 nitrogen and oxygen atoms in total. The van der Waals surface area contributed by atoms with Gasteiger partial charge < -0.3 is 20.7 Å². The maximum absolute atomic E-state index is 12.1. The molecule has 1 aliphatic rings. The fourth-order valence-corrected chi connectivity index (χ4v) is 2.75. The second-order valence-corrected chi connectivity index (χ2v) is 5.92. The van der Waals surface area contributed by atoms with Crippen molar-refractivity contribution in [3.63, 3.8) is 0 Å². The minimum absolute atomic E-state index is 0. The van der Waals surface area contributed by atoms with Gasteiger partial charge >= 0.3 is 0 Å². The van der Waals surface area contributed by atoms with Crippen LogP contribution in [0.2, 0.25) is 0 Å². The predicted molar refractivity (Wildman–Crippen MR) is 104 cm³/mol. The lowest BCUT2D eigenvalue weighted by Gasteiger charge is -2.29. The number of carbonyl (C=O) groups excluding carboxylic acids is 2. The van der Waals surface area contributed by atoms with Gasteiger partial charge in [-0.3, -0.25) is 9.59 Å². The number of nitrogens with two attached hydrogens (primary N) is 1. The number of hydrogen-bond donors (Lipinski definition) is 2. The SMILES string of the molecule is Cl.Nc1ccc(CC(=O)NCCCN2C(=O)COc3ccccc32)cc1. The molecular weight excluding hydrogens is 354 g/mol. The first-order chi connectivity index (χ1) is 12.1. The Morgan fingerprint density at radius 1 is 1.15 bits per heavy atom. The number of halogens is 1. The van der Waals surface area contributed by atoms with E-state index in [0.29, 0.717) is 31.6 Å². The van der Waals surface area contributed by atoms with Crippen LogP contribution in [0.4, 0.5) is 11.4 Å². The molecule has 26 heavy (non-hydrogen) atoms. The lowest BCUT2D eigenvalue weighted by Crippen LogP contribution is -2.40. The topological polar surface area (TPSA) is 84.7 Å². The third-order valence-electron chi connectivity index (χ3n) is 4.03. The molecule has 2 aromatic carbocycles. The molecule has 2 amide bonds. The van der Waals surface area contributed by atoms with Crippen LogP contribution in [0, 0.1) is 0 Å². The molecule has 3 rings (SSSR count). The maximum atomic E-state index is 12.1. The van der Waals surface area contributed by atoms with E-state index < -0.39 is 0 Å². The lowest BCUT2D eigenvalue weighted by atomic mass is 10.1. The number of nitrogens with one attached hydrogen (secondary N) is 1. The van der Waals surface area contributed by atoms with Crippen LogP contribution in [0.1, 0.15) is 12.0 Å². The summed E-state index contributed by atoms with van der Waals surface area (Å²) >= 11 is 0. The molecule has 0 aliphatic carbocycles. The van der Waals surface area contributed by atoms with Gasteiger partial charge in [-0.1, -0.05) is 24.3 Å². The summed E-state index contributed by atoms with van der Waals surface area (Å²) in [6, 6.07) is 14.7. The standard InChI is InChI=1S/C19H21N3O3.ClH/c20-15-8-6-14(7-9-15)12-18(23)21-10-3-11-22-16-4-1-2-5-17(16)25-13-19(22)24;/h1-2,4-9H,3,10-13,20H2,(H,21,23);1H. The smallest absolute Gasteiger partial charge is 0.265 e. The number of rotatable bonds is 6. The highest BCUT2D eigenvalue weighted by Gasteiger charge is 2.24. The Bertz CT molecular complexity index is 765. The number of nitrogens with zero attached hydrogens (tertiary/aromatic N) is 1. The third-order valence-corrected chi connectivity index (χ3v) is 4.03. The van der Waals surface area contributed by atoms with Crippen molar-refractivity contribution in [3.8, 4) is 5.75 Å². The maximum Gasteiger partial charge on any atom is 0.265 e. The van der Waals surface area contributed by atoms with E-state index in [2.05, 4.69) is 5.32 Å². The van der Waals surface area contributed by atoms with E-state index in [9.17, 15) is 9.59 Å². The van der Waals surface area contributed by atoms with E-state index >= 15 is 0 Å². The van der Waals surface area contributed by atoms with Gasteiger partial charge in [-0.25, -0.2) is 0 Å². The van der Waals surface area contributed by atoms with Gasteiger partial charge in [0.1, 0.15) is 5.75 Å². The molecule has 0 spiro atoms. The number of anilines is 2. The predicted octanol–water partition coefficient (Wildman–Crippen LogP) is 2.17. The summed E-state index contributed by atoms with van der Waals surface area (Å²) in [5, 5.41) is 2.88. The number of hydrogen-bond acceptors (Lipinski definition) is 4. The van der Waals surface area contributed by atoms with Crippen molar-refractivity contribution in [3.05, 3.63) is 54.1 Å². The van der Waals surface area contributed by atoms with Crippen LogP contribution in [0.25, 0.3) is 0 Å². The second kappa shape index (κ2) is 9.10. The minimum Gasteiger partial charge on any atom is -0.482 e. The minimum atomic E-state index is -0.0631. The first kappa shape index (κ1) is 19.6. The Kier molecular flexibility index (Phi) is 6.86. The van der Waals surface area contributed by atoms with Gasteiger partial charge in [0.25, 0.3) is 5.91 Å². The van der Waals surface area contributed by atoms with Gasteiger partial charge in [-0.2, -0.15) is 0 Å². The lowest BCUT2D eigenvalue weighted by molar-refractivity contribution is -0.121. The number of nitrogen functional groups attached to an aromatic ring is 1. The Morgan fingerprint density at radius 3 is 2.65 bits per heavy atom. The zero-order chi connectivity index (χ0) is 17.6. The van der Waals surface area contributed by atoms with E-state index in [1.165, 1.54) is 0 Å². The number of benzene rings is 2. The summed E-state index contributed by atoms with van der Waals surface area (Å²) in [6.45, 7) is 1.11. The largest absolute Gasteiger partial charge is 0.482 e. The number of carbonyl (C=O) groups is 2. The first-order valence-electron chi connectivity index (χ1n) is 8.27. The average Bonchev–Trinajstić information content (AvgIpc) is 2.62. The van der Waals surface area contributed by atoms with Crippen LogP contribution < -0.4 is 20.7 Å². The molecule has 138 valence electrons. The van der Waals surface area contributed by atoms with Crippen LogP contribution >= 0.6 is 12.4 Å². The van der Waals surface area contributed by atoms with Crippen molar-refractivity contribution < 1.29 is 14.3 Å². The van der Waals surface area contributed by atoms with Gasteiger partial charge in [-0.05, 0) is 36.2 Å². The van der Waals surface area contributed by atoms with E-state index in [4.69, 9.17) is 10.5 Å². The van der Waals surface area contributed by atoms with Crippen LogP contribution in [-0.4, -0.2) is 31.5 Å². The van der Waals surface area contributed by atoms with E-state index in [-0.39, 0.29) is 30.8 Å². The van der Waals surface area contributed by atoms with Crippen molar-refractivity contribution in [2.45, 2.75) is 12.8 Å². The molecule has 2 aromatic rings. The fraction of sp³-hybridized carbons (Fsp3) is 0.263. The molecule has 0 aromatic heterocycles. The van der Waals surface area contributed by atoms with Crippen molar-refractivity contribution in [1.29, 1.82) is 0 Å². The van der Waals surface area contributed by atoms with Gasteiger partial charge in [0.05, 0.1) is 12.1 Å². The fourth-order valence-electron chi connectivity index (χ4n) is 2.75. The molecule has 0 radical (unpaired) electrons. The zero-order valence-electron chi connectivity index (χ0n) is 14.3. The molecule has 1 aliphatic heterocycles. The normalized spacial score (nSPS) is 12.6. The van der Waals surface area contributed by atoms with Crippen molar-refractivity contribution >= 4 is 35.6 Å². The summed E-state index contributed by atoms with van der Waals surface area (Å²) in [6.07, 6.45) is 0.993. The van der Waals surface area contributed by atoms with Crippen molar-refractivity contribution in [1.82, 2.24) is 5.32 Å². The molecule has 1 heterocycles. The van der Waals surface area contributed by atoms with Gasteiger partial charge in [-0.15, -0.1) is 12.4 Å². The molecule has 0 unspecified atom stereocenters. The number of fused-ring (bicyclic) bond motifs is 1. The molecule has 0 atom stereocenters. The quantitative estimate of drug-likeness (QED) is 0.598. The summed E-state index contributed by atoms with van der Waals surface area (Å²) in [5.74, 6) is 0.611. The van der Waals surface area contributed by atoms with Gasteiger partial charge in [0.15, 0.2) is 6.61 Å². The van der Waals surface area contributed by atoms with E-state index in [0.717, 1.165) is 17.0 Å². The van der Waals surface area contributed by atoms with E-state index in [1.54, 1.807) is 17.0 Å². The summed E-state index contributed by atoms with van der Waals surface area (Å²) < 4.78 is 5.42. The van der Waals surface area contributed by atoms with Crippen LogP contribution in [0.15, 0.2) is 48.5 Å². The summed E-state index contributed by atoms with van der Waals surface area (Å²) in [4.78, 5) is 25.7. The van der Waals surface area contributed by atoms with Crippen LogP contribution in [0.5, 0.6) is 5.75 Å². The Morgan fingerprint density at radius 2 is 1.88 bits per heavy atom. The molecule has 3 N–H and O–H groups in total. The Labute approximate surface area is 158 Å². The number of para-hydroxylation sites is 2. The Balaban J connectivity index is 0.00000243. The second-order valence-electron chi connectivity index (χ2n) is 5.92. The summed E-state index contributed by atoms with van der Waals surface area (Å²) in [7, 11) is 0. The molecule has 0 bridgehead atoms. The van der Waals surface area contributed by atoms with E-state index in [1.807, 2.05) is 36.4 Å². The van der Waals surface area contributed by atoms with Crippen molar-refractivity contribution in [2.24, 2.45) is 0 Å². The average molecular weight is 376 g/mol. The van der Waals surface area contributed by atoms with Gasteiger partial charge in [0, 0.05) is 18.8 Å². The monoisotopic (exact) mass is 375 g/mol. The summed E-state index contributed by atoms with van der Waals surface area (Å²) in [5.41, 5.74) is 8.01. The molecular formula is C19H22ClN3O3. The first-order valence-corrected chi connectivity index (χ1v) is 8.27. The van der Waals surface area contributed by atoms with Gasteiger partial charge in [0.2, 0.25) is 5.91 Å². The zero-order valence-corrected chi connectivity index (χ0v) is 15.1. The number of ether oxygens (including phenoxy) is 1.